The van der Waals surface area contributed by atoms with Crippen molar-refractivity contribution in [2.75, 3.05) is 12.4 Å². The van der Waals surface area contributed by atoms with Gasteiger partial charge < -0.3 is 9.30 Å². The first kappa shape index (κ1) is 17.0. The summed E-state index contributed by atoms with van der Waals surface area (Å²) in [4.78, 5) is 22.9. The summed E-state index contributed by atoms with van der Waals surface area (Å²) in [6.07, 6.45) is -0.736. The summed E-state index contributed by atoms with van der Waals surface area (Å²) in [5.74, 6) is 0.382. The Bertz CT molecular complexity index is 673. The number of carbonyl (C=O) groups excluding carboxylic acids is 2. The number of hydrogen-bond acceptors (Lipinski definition) is 6. The highest BCUT2D eigenvalue weighted by Crippen LogP contribution is 2.23. The molecule has 1 aromatic heterocycles. The second kappa shape index (κ2) is 8.33. The molecular formula is C15H18N4O3S. The molecule has 0 aliphatic heterocycles. The third kappa shape index (κ3) is 4.56. The molecule has 1 heterocycles. The van der Waals surface area contributed by atoms with Crippen LogP contribution < -0.4 is 5.32 Å². The molecule has 0 aliphatic rings. The minimum atomic E-state index is -0.736. The highest BCUT2D eigenvalue weighted by molar-refractivity contribution is 7.99. The lowest BCUT2D eigenvalue weighted by molar-refractivity contribution is -0.117. The number of nitrogens with zero attached hydrogens (tertiary/aromatic N) is 3. The summed E-state index contributed by atoms with van der Waals surface area (Å²) in [5, 5.41) is 11.1. The third-order valence-corrected chi connectivity index (χ3v) is 3.88. The summed E-state index contributed by atoms with van der Waals surface area (Å²) in [6.45, 7) is 4.56. The molecule has 0 aliphatic carbocycles. The quantitative estimate of drug-likeness (QED) is 0.816. The van der Waals surface area contributed by atoms with Crippen LogP contribution in [0.2, 0.25) is 0 Å². The van der Waals surface area contributed by atoms with Crippen LogP contribution in [0.4, 0.5) is 4.79 Å². The summed E-state index contributed by atoms with van der Waals surface area (Å²) >= 11 is 1.22. The number of hydrogen-bond donors (Lipinski definition) is 1. The number of carbonyl (C=O) groups is 2. The molecule has 122 valence electrons. The molecule has 1 aromatic carbocycles. The SMILES string of the molecule is CCOC(=O)NC(=O)CSc1nnc(-c2ccccc2)n1CC. The van der Waals surface area contributed by atoms with Gasteiger partial charge in [0.15, 0.2) is 11.0 Å². The number of nitrogens with one attached hydrogen (secondary N) is 1. The van der Waals surface area contributed by atoms with Gasteiger partial charge in [-0.1, -0.05) is 42.1 Å². The van der Waals surface area contributed by atoms with E-state index in [0.717, 1.165) is 11.4 Å². The van der Waals surface area contributed by atoms with Crippen molar-refractivity contribution in [2.24, 2.45) is 0 Å². The van der Waals surface area contributed by atoms with Gasteiger partial charge in [-0.3, -0.25) is 10.1 Å². The number of imide groups is 1. The molecule has 2 amide bonds. The van der Waals surface area contributed by atoms with E-state index >= 15 is 0 Å². The first-order valence-corrected chi connectivity index (χ1v) is 8.22. The Labute approximate surface area is 138 Å². The van der Waals surface area contributed by atoms with E-state index in [-0.39, 0.29) is 12.4 Å². The van der Waals surface area contributed by atoms with E-state index < -0.39 is 12.0 Å². The lowest BCUT2D eigenvalue weighted by Gasteiger charge is -2.07. The maximum absolute atomic E-state index is 11.7. The van der Waals surface area contributed by atoms with Gasteiger partial charge in [0.2, 0.25) is 5.91 Å². The van der Waals surface area contributed by atoms with Crippen LogP contribution in [0.1, 0.15) is 13.8 Å². The molecule has 0 unspecified atom stereocenters. The predicted octanol–water partition coefficient (Wildman–Crippen LogP) is 2.33. The van der Waals surface area contributed by atoms with Gasteiger partial charge in [-0.15, -0.1) is 10.2 Å². The molecule has 8 heteroatoms. The van der Waals surface area contributed by atoms with Gasteiger partial charge in [0.05, 0.1) is 12.4 Å². The van der Waals surface area contributed by atoms with E-state index in [4.69, 9.17) is 0 Å². The molecule has 23 heavy (non-hydrogen) atoms. The number of thioether (sulfide) groups is 1. The number of amides is 2. The summed E-state index contributed by atoms with van der Waals surface area (Å²) in [7, 11) is 0. The standard InChI is InChI=1S/C15H18N4O3S/c1-3-19-13(11-8-6-5-7-9-11)17-18-14(19)23-10-12(20)16-15(21)22-4-2/h5-9H,3-4,10H2,1-2H3,(H,16,20,21). The topological polar surface area (TPSA) is 86.1 Å². The van der Waals surface area contributed by atoms with Gasteiger partial charge >= 0.3 is 6.09 Å². The molecule has 2 rings (SSSR count). The fourth-order valence-corrected chi connectivity index (χ4v) is 2.73. The highest BCUT2D eigenvalue weighted by Gasteiger charge is 2.15. The lowest BCUT2D eigenvalue weighted by atomic mass is 10.2. The van der Waals surface area contributed by atoms with Gasteiger partial charge in [-0.2, -0.15) is 0 Å². The van der Waals surface area contributed by atoms with E-state index in [1.807, 2.05) is 41.8 Å². The van der Waals surface area contributed by atoms with Crippen molar-refractivity contribution in [1.29, 1.82) is 0 Å². The minimum Gasteiger partial charge on any atom is -0.450 e. The monoisotopic (exact) mass is 334 g/mol. The number of alkyl carbamates (subject to hydrolysis) is 1. The average Bonchev–Trinajstić information content (AvgIpc) is 2.96. The van der Waals surface area contributed by atoms with Gasteiger partial charge in [-0.25, -0.2) is 4.79 Å². The molecule has 0 radical (unpaired) electrons. The van der Waals surface area contributed by atoms with Crippen molar-refractivity contribution in [3.63, 3.8) is 0 Å². The second-order valence-electron chi connectivity index (χ2n) is 4.47. The zero-order chi connectivity index (χ0) is 16.7. The molecule has 0 saturated heterocycles. The number of rotatable bonds is 6. The van der Waals surface area contributed by atoms with Crippen molar-refractivity contribution in [2.45, 2.75) is 25.5 Å². The Balaban J connectivity index is 2.03. The Hall–Kier alpha value is -2.35. The minimum absolute atomic E-state index is 0.0612. The van der Waals surface area contributed by atoms with E-state index in [0.29, 0.717) is 11.7 Å². The largest absolute Gasteiger partial charge is 0.450 e. The van der Waals surface area contributed by atoms with Crippen molar-refractivity contribution < 1.29 is 14.3 Å². The van der Waals surface area contributed by atoms with E-state index in [1.165, 1.54) is 11.8 Å². The zero-order valence-corrected chi connectivity index (χ0v) is 13.8. The van der Waals surface area contributed by atoms with Crippen molar-refractivity contribution in [1.82, 2.24) is 20.1 Å². The molecule has 0 bridgehead atoms. The van der Waals surface area contributed by atoms with Gasteiger partial charge in [0, 0.05) is 12.1 Å². The predicted molar refractivity (Wildman–Crippen MR) is 87.0 cm³/mol. The average molecular weight is 334 g/mol. The fourth-order valence-electron chi connectivity index (χ4n) is 1.93. The van der Waals surface area contributed by atoms with Crippen molar-refractivity contribution >= 4 is 23.8 Å². The molecule has 0 atom stereocenters. The fraction of sp³-hybridized carbons (Fsp3) is 0.333. The number of benzene rings is 1. The molecule has 0 saturated carbocycles. The van der Waals surface area contributed by atoms with Crippen LogP contribution >= 0.6 is 11.8 Å². The molecule has 0 spiro atoms. The van der Waals surface area contributed by atoms with Gasteiger partial charge in [0.25, 0.3) is 0 Å². The maximum atomic E-state index is 11.7. The maximum Gasteiger partial charge on any atom is 0.413 e. The van der Waals surface area contributed by atoms with Crippen LogP contribution in [0.25, 0.3) is 11.4 Å². The van der Waals surface area contributed by atoms with Gasteiger partial charge in [-0.05, 0) is 13.8 Å². The first-order chi connectivity index (χ1) is 11.2. The van der Waals surface area contributed by atoms with Crippen molar-refractivity contribution in [3.8, 4) is 11.4 Å². The molecule has 7 nitrogen and oxygen atoms in total. The Kier molecular flexibility index (Phi) is 6.16. The summed E-state index contributed by atoms with van der Waals surface area (Å²) < 4.78 is 6.59. The van der Waals surface area contributed by atoms with Crippen molar-refractivity contribution in [3.05, 3.63) is 30.3 Å². The number of ether oxygens (including phenoxy) is 1. The third-order valence-electron chi connectivity index (χ3n) is 2.91. The van der Waals surface area contributed by atoms with E-state index in [9.17, 15) is 9.59 Å². The zero-order valence-electron chi connectivity index (χ0n) is 13.0. The molecule has 2 aromatic rings. The van der Waals surface area contributed by atoms with E-state index in [2.05, 4.69) is 20.3 Å². The van der Waals surface area contributed by atoms with E-state index in [1.54, 1.807) is 6.92 Å². The van der Waals surface area contributed by atoms with Crippen LogP contribution in [0, 0.1) is 0 Å². The number of aromatic nitrogens is 3. The summed E-state index contributed by atoms with van der Waals surface area (Å²) in [5.41, 5.74) is 0.963. The van der Waals surface area contributed by atoms with Crippen LogP contribution in [0.5, 0.6) is 0 Å². The van der Waals surface area contributed by atoms with Crippen LogP contribution in [0.3, 0.4) is 0 Å². The normalized spacial score (nSPS) is 10.3. The van der Waals surface area contributed by atoms with Crippen LogP contribution in [-0.2, 0) is 16.1 Å². The Morgan fingerprint density at radius 1 is 1.22 bits per heavy atom. The first-order valence-electron chi connectivity index (χ1n) is 7.23. The van der Waals surface area contributed by atoms with Gasteiger partial charge in [0.1, 0.15) is 0 Å². The molecular weight excluding hydrogens is 316 g/mol. The molecule has 1 N–H and O–H groups in total. The summed E-state index contributed by atoms with van der Waals surface area (Å²) in [6, 6.07) is 9.72. The Morgan fingerprint density at radius 3 is 2.61 bits per heavy atom. The smallest absolute Gasteiger partial charge is 0.413 e. The van der Waals surface area contributed by atoms with Crippen LogP contribution in [0.15, 0.2) is 35.5 Å². The van der Waals surface area contributed by atoms with Crippen LogP contribution in [-0.4, -0.2) is 39.1 Å². The Morgan fingerprint density at radius 2 is 1.96 bits per heavy atom. The molecule has 0 fully saturated rings. The highest BCUT2D eigenvalue weighted by atomic mass is 32.2. The lowest BCUT2D eigenvalue weighted by Crippen LogP contribution is -2.32. The second-order valence-corrected chi connectivity index (χ2v) is 5.42.